The van der Waals surface area contributed by atoms with E-state index in [-0.39, 0.29) is 18.7 Å². The molecule has 0 saturated carbocycles. The number of hydrogen-bond acceptors (Lipinski definition) is 3. The zero-order chi connectivity index (χ0) is 13.4. The number of aliphatic carboxylic acids is 1. The van der Waals surface area contributed by atoms with Crippen LogP contribution >= 0.6 is 0 Å². The zero-order valence-corrected chi connectivity index (χ0v) is 10.3. The maximum Gasteiger partial charge on any atom is 0.303 e. The van der Waals surface area contributed by atoms with E-state index in [2.05, 4.69) is 5.32 Å². The van der Waals surface area contributed by atoms with Crippen LogP contribution in [0.15, 0.2) is 24.3 Å². The zero-order valence-electron chi connectivity index (χ0n) is 10.3. The topological polar surface area (TPSA) is 75.6 Å². The molecule has 1 rings (SSSR count). The maximum absolute atomic E-state index is 11.5. The quantitative estimate of drug-likeness (QED) is 0.779. The number of ether oxygens (including phenoxy) is 1. The van der Waals surface area contributed by atoms with E-state index in [1.807, 2.05) is 6.92 Å². The van der Waals surface area contributed by atoms with Crippen molar-refractivity contribution in [3.05, 3.63) is 24.3 Å². The summed E-state index contributed by atoms with van der Waals surface area (Å²) in [4.78, 5) is 21.8. The minimum absolute atomic E-state index is 0.0106. The van der Waals surface area contributed by atoms with Gasteiger partial charge in [0.05, 0.1) is 6.61 Å². The lowest BCUT2D eigenvalue weighted by molar-refractivity contribution is -0.137. The highest BCUT2D eigenvalue weighted by Gasteiger charge is 2.04. The molecule has 1 aromatic rings. The van der Waals surface area contributed by atoms with E-state index < -0.39 is 5.97 Å². The second-order valence-electron chi connectivity index (χ2n) is 3.75. The molecule has 0 spiro atoms. The molecule has 0 aliphatic heterocycles. The number of carboxylic acids is 1. The molecule has 1 amide bonds. The molecule has 1 aromatic carbocycles. The van der Waals surface area contributed by atoms with Gasteiger partial charge in [0.1, 0.15) is 5.75 Å². The Morgan fingerprint density at radius 2 is 1.89 bits per heavy atom. The average molecular weight is 251 g/mol. The standard InChI is InChI=1S/C13H17NO4/c1-2-18-11-8-6-10(7-9-11)14-12(15)4-3-5-13(16)17/h6-9H,2-5H2,1H3,(H,14,15)(H,16,17). The molecule has 0 bridgehead atoms. The Morgan fingerprint density at radius 3 is 2.44 bits per heavy atom. The molecule has 0 fully saturated rings. The van der Waals surface area contributed by atoms with Crippen LogP contribution in [0, 0.1) is 0 Å². The Kier molecular flexibility index (Phi) is 5.70. The first-order valence-corrected chi connectivity index (χ1v) is 5.86. The molecule has 0 aliphatic carbocycles. The first-order chi connectivity index (χ1) is 8.61. The highest BCUT2D eigenvalue weighted by Crippen LogP contribution is 2.15. The summed E-state index contributed by atoms with van der Waals surface area (Å²) < 4.78 is 5.28. The highest BCUT2D eigenvalue weighted by molar-refractivity contribution is 5.90. The number of carbonyl (C=O) groups excluding carboxylic acids is 1. The molecular formula is C13H17NO4. The molecule has 0 saturated heterocycles. The Labute approximate surface area is 106 Å². The fraction of sp³-hybridized carbons (Fsp3) is 0.385. The smallest absolute Gasteiger partial charge is 0.303 e. The van der Waals surface area contributed by atoms with Gasteiger partial charge in [0.2, 0.25) is 5.91 Å². The van der Waals surface area contributed by atoms with Crippen molar-refractivity contribution in [1.82, 2.24) is 0 Å². The molecule has 0 unspecified atom stereocenters. The van der Waals surface area contributed by atoms with E-state index in [9.17, 15) is 9.59 Å². The summed E-state index contributed by atoms with van der Waals surface area (Å²) in [7, 11) is 0. The summed E-state index contributed by atoms with van der Waals surface area (Å²) in [5.74, 6) is -0.314. The monoisotopic (exact) mass is 251 g/mol. The lowest BCUT2D eigenvalue weighted by Crippen LogP contribution is -2.11. The van der Waals surface area contributed by atoms with Crippen molar-refractivity contribution >= 4 is 17.6 Å². The summed E-state index contributed by atoms with van der Waals surface area (Å²) in [6.07, 6.45) is 0.564. The van der Waals surface area contributed by atoms with Crippen molar-refractivity contribution in [2.45, 2.75) is 26.2 Å². The molecule has 0 heterocycles. The van der Waals surface area contributed by atoms with Gasteiger partial charge in [-0.1, -0.05) is 0 Å². The number of benzene rings is 1. The van der Waals surface area contributed by atoms with Crippen molar-refractivity contribution in [1.29, 1.82) is 0 Å². The second-order valence-corrected chi connectivity index (χ2v) is 3.75. The van der Waals surface area contributed by atoms with E-state index in [1.54, 1.807) is 24.3 Å². The molecule has 98 valence electrons. The summed E-state index contributed by atoms with van der Waals surface area (Å²) in [5, 5.41) is 11.1. The van der Waals surface area contributed by atoms with Gasteiger partial charge >= 0.3 is 5.97 Å². The van der Waals surface area contributed by atoms with Gasteiger partial charge in [0.15, 0.2) is 0 Å². The van der Waals surface area contributed by atoms with E-state index in [1.165, 1.54) is 0 Å². The van der Waals surface area contributed by atoms with Crippen molar-refractivity contribution < 1.29 is 19.4 Å². The van der Waals surface area contributed by atoms with Gasteiger partial charge < -0.3 is 15.2 Å². The van der Waals surface area contributed by atoms with Gasteiger partial charge in [-0.25, -0.2) is 0 Å². The first kappa shape index (κ1) is 14.0. The van der Waals surface area contributed by atoms with Gasteiger partial charge in [0, 0.05) is 18.5 Å². The number of carbonyl (C=O) groups is 2. The van der Waals surface area contributed by atoms with Crippen LogP contribution in [0.3, 0.4) is 0 Å². The number of carboxylic acid groups (broad SMARTS) is 1. The Balaban J connectivity index is 2.37. The van der Waals surface area contributed by atoms with Crippen LogP contribution in [-0.4, -0.2) is 23.6 Å². The molecule has 0 aliphatic rings. The van der Waals surface area contributed by atoms with Gasteiger partial charge in [-0.2, -0.15) is 0 Å². The third kappa shape index (κ3) is 5.34. The predicted molar refractivity (Wildman–Crippen MR) is 67.7 cm³/mol. The van der Waals surface area contributed by atoms with Crippen molar-refractivity contribution in [2.75, 3.05) is 11.9 Å². The molecule has 18 heavy (non-hydrogen) atoms. The molecule has 0 radical (unpaired) electrons. The van der Waals surface area contributed by atoms with Gasteiger partial charge in [0.25, 0.3) is 0 Å². The van der Waals surface area contributed by atoms with Crippen LogP contribution in [0.5, 0.6) is 5.75 Å². The minimum Gasteiger partial charge on any atom is -0.494 e. The Morgan fingerprint density at radius 1 is 1.22 bits per heavy atom. The van der Waals surface area contributed by atoms with Crippen molar-refractivity contribution in [3.8, 4) is 5.75 Å². The summed E-state index contributed by atoms with van der Waals surface area (Å²) in [5.41, 5.74) is 0.679. The Bertz CT molecular complexity index is 400. The van der Waals surface area contributed by atoms with E-state index >= 15 is 0 Å². The van der Waals surface area contributed by atoms with Gasteiger partial charge in [-0.05, 0) is 37.6 Å². The second kappa shape index (κ2) is 7.32. The third-order valence-electron chi connectivity index (χ3n) is 2.24. The lowest BCUT2D eigenvalue weighted by atomic mass is 10.2. The SMILES string of the molecule is CCOc1ccc(NC(=O)CCCC(=O)O)cc1. The van der Waals surface area contributed by atoms with E-state index in [0.29, 0.717) is 18.7 Å². The highest BCUT2D eigenvalue weighted by atomic mass is 16.5. The van der Waals surface area contributed by atoms with Crippen molar-refractivity contribution in [3.63, 3.8) is 0 Å². The van der Waals surface area contributed by atoms with Gasteiger partial charge in [-0.3, -0.25) is 9.59 Å². The maximum atomic E-state index is 11.5. The fourth-order valence-corrected chi connectivity index (χ4v) is 1.42. The number of nitrogens with one attached hydrogen (secondary N) is 1. The number of hydrogen-bond donors (Lipinski definition) is 2. The fourth-order valence-electron chi connectivity index (χ4n) is 1.42. The van der Waals surface area contributed by atoms with Crippen molar-refractivity contribution in [2.24, 2.45) is 0 Å². The average Bonchev–Trinajstić information content (AvgIpc) is 2.31. The predicted octanol–water partition coefficient (Wildman–Crippen LogP) is 2.28. The van der Waals surface area contributed by atoms with E-state index in [0.717, 1.165) is 5.75 Å². The van der Waals surface area contributed by atoms with E-state index in [4.69, 9.17) is 9.84 Å². The largest absolute Gasteiger partial charge is 0.494 e. The van der Waals surface area contributed by atoms with Crippen LogP contribution in [-0.2, 0) is 9.59 Å². The minimum atomic E-state index is -0.885. The number of rotatable bonds is 7. The van der Waals surface area contributed by atoms with Crippen LogP contribution < -0.4 is 10.1 Å². The molecular weight excluding hydrogens is 234 g/mol. The third-order valence-corrected chi connectivity index (χ3v) is 2.24. The number of amides is 1. The van der Waals surface area contributed by atoms with Crippen LogP contribution in [0.4, 0.5) is 5.69 Å². The van der Waals surface area contributed by atoms with Crippen LogP contribution in [0.1, 0.15) is 26.2 Å². The summed E-state index contributed by atoms with van der Waals surface area (Å²) >= 11 is 0. The summed E-state index contributed by atoms with van der Waals surface area (Å²) in [6, 6.07) is 7.05. The van der Waals surface area contributed by atoms with Crippen LogP contribution in [0.25, 0.3) is 0 Å². The normalized spacial score (nSPS) is 9.83. The molecule has 0 atom stereocenters. The van der Waals surface area contributed by atoms with Gasteiger partial charge in [-0.15, -0.1) is 0 Å². The molecule has 2 N–H and O–H groups in total. The summed E-state index contributed by atoms with van der Waals surface area (Å²) in [6.45, 7) is 2.50. The molecule has 0 aromatic heterocycles. The molecule has 5 nitrogen and oxygen atoms in total. The first-order valence-electron chi connectivity index (χ1n) is 5.86. The lowest BCUT2D eigenvalue weighted by Gasteiger charge is -2.06. The molecule has 5 heteroatoms. The number of anilines is 1. The van der Waals surface area contributed by atoms with Crippen LogP contribution in [0.2, 0.25) is 0 Å². The Hall–Kier alpha value is -2.04.